The van der Waals surface area contributed by atoms with Crippen LogP contribution in [0.5, 0.6) is 0 Å². The molecule has 1 rings (SSSR count). The van der Waals surface area contributed by atoms with Crippen LogP contribution in [0.4, 0.5) is 8.78 Å². The van der Waals surface area contributed by atoms with Crippen LogP contribution in [0, 0.1) is 17.6 Å². The molecule has 1 atom stereocenters. The summed E-state index contributed by atoms with van der Waals surface area (Å²) < 4.78 is 26.1. The maximum atomic E-state index is 13.0. The van der Waals surface area contributed by atoms with Crippen molar-refractivity contribution in [1.29, 1.82) is 0 Å². The van der Waals surface area contributed by atoms with Crippen molar-refractivity contribution in [1.82, 2.24) is 5.32 Å². The van der Waals surface area contributed by atoms with Crippen molar-refractivity contribution >= 4 is 0 Å². The van der Waals surface area contributed by atoms with E-state index in [1.54, 1.807) is 0 Å². The second-order valence-electron chi connectivity index (χ2n) is 4.82. The number of nitrogens with one attached hydrogen (secondary N) is 1. The summed E-state index contributed by atoms with van der Waals surface area (Å²) in [6.07, 6.45) is 1.71. The molecule has 0 amide bonds. The van der Waals surface area contributed by atoms with Crippen LogP contribution in [0.3, 0.4) is 0 Å². The topological polar surface area (TPSA) is 12.0 Å². The molecule has 1 N–H and O–H groups in total. The molecule has 0 aliphatic carbocycles. The van der Waals surface area contributed by atoms with Gasteiger partial charge >= 0.3 is 0 Å². The minimum atomic E-state index is -0.494. The molecular weight excluding hydrogens is 220 g/mol. The molecule has 0 aliphatic heterocycles. The lowest BCUT2D eigenvalue weighted by Gasteiger charge is -2.17. The molecular formula is C14H21F2N. The van der Waals surface area contributed by atoms with Crippen LogP contribution in [0.15, 0.2) is 18.2 Å². The van der Waals surface area contributed by atoms with Crippen molar-refractivity contribution < 1.29 is 8.78 Å². The quantitative estimate of drug-likeness (QED) is 0.803. The Morgan fingerprint density at radius 3 is 2.18 bits per heavy atom. The van der Waals surface area contributed by atoms with E-state index < -0.39 is 11.6 Å². The van der Waals surface area contributed by atoms with Gasteiger partial charge in [0.2, 0.25) is 0 Å². The molecule has 1 aromatic carbocycles. The van der Waals surface area contributed by atoms with Gasteiger partial charge in [-0.15, -0.1) is 0 Å². The Kier molecular flexibility index (Phi) is 5.56. The third kappa shape index (κ3) is 5.26. The molecule has 0 heterocycles. The number of rotatable bonds is 6. The van der Waals surface area contributed by atoms with Crippen LogP contribution in [0.2, 0.25) is 0 Å². The van der Waals surface area contributed by atoms with Crippen molar-refractivity contribution in [3.63, 3.8) is 0 Å². The first-order chi connectivity index (χ1) is 8.01. The standard InChI is InChI=1S/C14H21F2N/c1-4-11(9-17-10(2)3)5-12-6-13(15)8-14(16)7-12/h6-8,10-11,17H,4-5,9H2,1-3H3. The average molecular weight is 241 g/mol. The fourth-order valence-electron chi connectivity index (χ4n) is 1.83. The minimum Gasteiger partial charge on any atom is -0.314 e. The smallest absolute Gasteiger partial charge is 0.126 e. The van der Waals surface area contributed by atoms with Gasteiger partial charge in [0, 0.05) is 12.1 Å². The highest BCUT2D eigenvalue weighted by Crippen LogP contribution is 2.15. The fourth-order valence-corrected chi connectivity index (χ4v) is 1.83. The fraction of sp³-hybridized carbons (Fsp3) is 0.571. The van der Waals surface area contributed by atoms with E-state index in [2.05, 4.69) is 26.1 Å². The molecule has 0 aromatic heterocycles. The van der Waals surface area contributed by atoms with E-state index in [1.165, 1.54) is 12.1 Å². The Morgan fingerprint density at radius 1 is 1.12 bits per heavy atom. The highest BCUT2D eigenvalue weighted by Gasteiger charge is 2.09. The highest BCUT2D eigenvalue weighted by atomic mass is 19.1. The largest absolute Gasteiger partial charge is 0.314 e. The lowest BCUT2D eigenvalue weighted by Crippen LogP contribution is -2.29. The maximum absolute atomic E-state index is 13.0. The SMILES string of the molecule is CCC(CNC(C)C)Cc1cc(F)cc(F)c1. The average Bonchev–Trinajstić information content (AvgIpc) is 2.22. The van der Waals surface area contributed by atoms with Crippen molar-refractivity contribution in [3.8, 4) is 0 Å². The summed E-state index contributed by atoms with van der Waals surface area (Å²) in [5.41, 5.74) is 0.736. The molecule has 1 unspecified atom stereocenters. The Morgan fingerprint density at radius 2 is 1.71 bits per heavy atom. The molecule has 0 radical (unpaired) electrons. The molecule has 3 heteroatoms. The molecule has 17 heavy (non-hydrogen) atoms. The van der Waals surface area contributed by atoms with Gasteiger partial charge in [-0.2, -0.15) is 0 Å². The molecule has 1 aromatic rings. The number of benzene rings is 1. The Bertz CT molecular complexity index is 330. The molecule has 0 fully saturated rings. The third-order valence-corrected chi connectivity index (χ3v) is 2.84. The number of hydrogen-bond acceptors (Lipinski definition) is 1. The van der Waals surface area contributed by atoms with E-state index in [1.807, 2.05) is 0 Å². The minimum absolute atomic E-state index is 0.415. The number of hydrogen-bond donors (Lipinski definition) is 1. The Labute approximate surface area is 102 Å². The van der Waals surface area contributed by atoms with E-state index in [9.17, 15) is 8.78 Å². The van der Waals surface area contributed by atoms with E-state index in [0.717, 1.165) is 24.6 Å². The second kappa shape index (κ2) is 6.70. The lowest BCUT2D eigenvalue weighted by atomic mass is 9.96. The van der Waals surface area contributed by atoms with E-state index in [-0.39, 0.29) is 0 Å². The molecule has 0 bridgehead atoms. The van der Waals surface area contributed by atoms with Gasteiger partial charge in [0.1, 0.15) is 11.6 Å². The van der Waals surface area contributed by atoms with Gasteiger partial charge in [-0.3, -0.25) is 0 Å². The van der Waals surface area contributed by atoms with Gasteiger partial charge < -0.3 is 5.32 Å². The summed E-state index contributed by atoms with van der Waals surface area (Å²) in [5, 5.41) is 3.36. The zero-order valence-corrected chi connectivity index (χ0v) is 10.8. The second-order valence-corrected chi connectivity index (χ2v) is 4.82. The summed E-state index contributed by atoms with van der Waals surface area (Å²) in [4.78, 5) is 0. The van der Waals surface area contributed by atoms with Crippen LogP contribution in [0.25, 0.3) is 0 Å². The molecule has 0 saturated heterocycles. The first-order valence-corrected chi connectivity index (χ1v) is 6.19. The van der Waals surface area contributed by atoms with Crippen molar-refractivity contribution in [2.75, 3.05) is 6.54 Å². The normalized spacial score (nSPS) is 13.1. The van der Waals surface area contributed by atoms with Gasteiger partial charge in [0.15, 0.2) is 0 Å². The molecule has 96 valence electrons. The summed E-state index contributed by atoms with van der Waals surface area (Å²) in [5.74, 6) is -0.572. The van der Waals surface area contributed by atoms with Crippen molar-refractivity contribution in [3.05, 3.63) is 35.4 Å². The van der Waals surface area contributed by atoms with E-state index >= 15 is 0 Å². The predicted octanol–water partition coefficient (Wildman–Crippen LogP) is 3.53. The zero-order valence-electron chi connectivity index (χ0n) is 10.8. The summed E-state index contributed by atoms with van der Waals surface area (Å²) in [7, 11) is 0. The highest BCUT2D eigenvalue weighted by molar-refractivity contribution is 5.18. The van der Waals surface area contributed by atoms with E-state index in [0.29, 0.717) is 18.4 Å². The Balaban J connectivity index is 2.60. The molecule has 0 spiro atoms. The van der Waals surface area contributed by atoms with Crippen LogP contribution in [-0.4, -0.2) is 12.6 Å². The first-order valence-electron chi connectivity index (χ1n) is 6.19. The van der Waals surface area contributed by atoms with Gasteiger partial charge in [-0.25, -0.2) is 8.78 Å². The van der Waals surface area contributed by atoms with Gasteiger partial charge in [-0.05, 0) is 36.6 Å². The van der Waals surface area contributed by atoms with Gasteiger partial charge in [0.25, 0.3) is 0 Å². The summed E-state index contributed by atoms with van der Waals surface area (Å²) in [6, 6.07) is 4.19. The van der Waals surface area contributed by atoms with Crippen molar-refractivity contribution in [2.45, 2.75) is 39.7 Å². The van der Waals surface area contributed by atoms with Crippen LogP contribution < -0.4 is 5.32 Å². The summed E-state index contributed by atoms with van der Waals surface area (Å²) in [6.45, 7) is 7.16. The van der Waals surface area contributed by atoms with Crippen LogP contribution >= 0.6 is 0 Å². The molecule has 1 nitrogen and oxygen atoms in total. The third-order valence-electron chi connectivity index (χ3n) is 2.84. The van der Waals surface area contributed by atoms with Crippen LogP contribution in [0.1, 0.15) is 32.8 Å². The van der Waals surface area contributed by atoms with Crippen molar-refractivity contribution in [2.24, 2.45) is 5.92 Å². The monoisotopic (exact) mass is 241 g/mol. The summed E-state index contributed by atoms with van der Waals surface area (Å²) >= 11 is 0. The van der Waals surface area contributed by atoms with Crippen LogP contribution in [-0.2, 0) is 6.42 Å². The van der Waals surface area contributed by atoms with Gasteiger partial charge in [-0.1, -0.05) is 27.2 Å². The van der Waals surface area contributed by atoms with Gasteiger partial charge in [0.05, 0.1) is 0 Å². The maximum Gasteiger partial charge on any atom is 0.126 e. The predicted molar refractivity (Wildman–Crippen MR) is 67.0 cm³/mol. The number of halogens is 2. The first kappa shape index (κ1) is 14.1. The Hall–Kier alpha value is -0.960. The molecule has 0 saturated carbocycles. The zero-order chi connectivity index (χ0) is 12.8. The van der Waals surface area contributed by atoms with E-state index in [4.69, 9.17) is 0 Å². The lowest BCUT2D eigenvalue weighted by molar-refractivity contribution is 0.434. The molecule has 0 aliphatic rings.